The van der Waals surface area contributed by atoms with Crippen molar-refractivity contribution < 1.29 is 14.3 Å². The highest BCUT2D eigenvalue weighted by molar-refractivity contribution is 5.92. The molecule has 180 valence electrons. The number of hydrogen-bond donors (Lipinski definition) is 1. The lowest BCUT2D eigenvalue weighted by Crippen LogP contribution is -2.53. The number of piperidine rings is 2. The Hall–Kier alpha value is -3.13. The summed E-state index contributed by atoms with van der Waals surface area (Å²) in [5, 5.41) is 3.00. The molecule has 3 aliphatic heterocycles. The molecule has 8 nitrogen and oxygen atoms in total. The van der Waals surface area contributed by atoms with Crippen LogP contribution < -0.4 is 15.6 Å². The summed E-state index contributed by atoms with van der Waals surface area (Å²) in [6.45, 7) is 5.70. The van der Waals surface area contributed by atoms with Crippen LogP contribution in [0.3, 0.4) is 0 Å². The fourth-order valence-electron chi connectivity index (χ4n) is 5.85. The van der Waals surface area contributed by atoms with Gasteiger partial charge in [0.25, 0.3) is 11.5 Å². The number of benzene rings is 1. The molecule has 8 heteroatoms. The zero-order chi connectivity index (χ0) is 23.7. The molecule has 1 aromatic heterocycles. The molecule has 5 rings (SSSR count). The van der Waals surface area contributed by atoms with Gasteiger partial charge in [-0.15, -0.1) is 0 Å². The van der Waals surface area contributed by atoms with Crippen molar-refractivity contribution in [3.05, 3.63) is 58.5 Å². The maximum atomic E-state index is 12.7. The molecule has 2 amide bonds. The quantitative estimate of drug-likeness (QED) is 0.734. The van der Waals surface area contributed by atoms with Gasteiger partial charge in [-0.2, -0.15) is 0 Å². The molecule has 1 N–H and O–H groups in total. The lowest BCUT2D eigenvalue weighted by Gasteiger charge is -2.47. The summed E-state index contributed by atoms with van der Waals surface area (Å²) in [5.41, 5.74) is 1.63. The monoisotopic (exact) mass is 464 g/mol. The summed E-state index contributed by atoms with van der Waals surface area (Å²) in [6.07, 6.45) is 3.00. The van der Waals surface area contributed by atoms with Crippen LogP contribution in [0.1, 0.15) is 37.8 Å². The average Bonchev–Trinajstić information content (AvgIpc) is 2.85. The maximum absolute atomic E-state index is 12.7. The van der Waals surface area contributed by atoms with Crippen molar-refractivity contribution in [1.29, 1.82) is 0 Å². The number of carbonyl (C=O) groups is 2. The van der Waals surface area contributed by atoms with E-state index < -0.39 is 0 Å². The Labute approximate surface area is 199 Å². The van der Waals surface area contributed by atoms with E-state index in [1.807, 2.05) is 39.8 Å². The van der Waals surface area contributed by atoms with E-state index in [2.05, 4.69) is 10.2 Å². The molecule has 3 aliphatic rings. The van der Waals surface area contributed by atoms with Crippen molar-refractivity contribution in [3.8, 4) is 5.75 Å². The van der Waals surface area contributed by atoms with Crippen LogP contribution in [0.4, 0.5) is 5.69 Å². The van der Waals surface area contributed by atoms with Crippen molar-refractivity contribution in [1.82, 2.24) is 14.4 Å². The summed E-state index contributed by atoms with van der Waals surface area (Å²) >= 11 is 0. The van der Waals surface area contributed by atoms with Crippen molar-refractivity contribution in [2.24, 2.45) is 5.92 Å². The van der Waals surface area contributed by atoms with E-state index in [1.165, 1.54) is 0 Å². The van der Waals surface area contributed by atoms with Gasteiger partial charge in [0.05, 0.1) is 5.69 Å². The summed E-state index contributed by atoms with van der Waals surface area (Å²) in [4.78, 5) is 41.6. The Morgan fingerprint density at radius 3 is 2.53 bits per heavy atom. The zero-order valence-electron chi connectivity index (χ0n) is 19.6. The first kappa shape index (κ1) is 22.7. The SMILES string of the molecule is CC(=O)N1CCC(N2CC3CC(C2)c2c(NC(=O)COc4ccccc4)ccc(=O)n2C3)CC1. The standard InChI is InChI=1S/C26H32N4O4/c1-18(31)28-11-9-21(10-12-28)29-14-19-13-20(16-29)26-23(7-8-25(33)30(26)15-19)27-24(32)17-34-22-5-3-2-4-6-22/h2-8,19-21H,9-17H2,1H3,(H,27,32). The van der Waals surface area contributed by atoms with Crippen LogP contribution in [0.5, 0.6) is 5.75 Å². The predicted molar refractivity (Wildman–Crippen MR) is 129 cm³/mol. The van der Waals surface area contributed by atoms with E-state index in [9.17, 15) is 14.4 Å². The minimum atomic E-state index is -0.239. The van der Waals surface area contributed by atoms with Gasteiger partial charge in [0.15, 0.2) is 6.61 Å². The molecule has 0 spiro atoms. The van der Waals surface area contributed by atoms with Crippen LogP contribution in [0.25, 0.3) is 0 Å². The first-order chi connectivity index (χ1) is 16.5. The van der Waals surface area contributed by atoms with Crippen molar-refractivity contribution in [2.45, 2.75) is 44.7 Å². The number of amides is 2. The summed E-state index contributed by atoms with van der Waals surface area (Å²) < 4.78 is 7.46. The number of anilines is 1. The van der Waals surface area contributed by atoms with Gasteiger partial charge < -0.3 is 19.5 Å². The molecule has 4 heterocycles. The predicted octanol–water partition coefficient (Wildman–Crippen LogP) is 2.30. The first-order valence-corrected chi connectivity index (χ1v) is 12.2. The van der Waals surface area contributed by atoms with Gasteiger partial charge in [0, 0.05) is 63.4 Å². The van der Waals surface area contributed by atoms with E-state index in [1.54, 1.807) is 19.1 Å². The van der Waals surface area contributed by atoms with Gasteiger partial charge in [-0.3, -0.25) is 19.3 Å². The topological polar surface area (TPSA) is 83.9 Å². The Kier molecular flexibility index (Phi) is 6.41. The Bertz CT molecular complexity index is 1110. The third kappa shape index (κ3) is 4.73. The van der Waals surface area contributed by atoms with Gasteiger partial charge >= 0.3 is 0 Å². The normalized spacial score (nSPS) is 22.7. The number of nitrogens with zero attached hydrogens (tertiary/aromatic N) is 3. The van der Waals surface area contributed by atoms with Crippen molar-refractivity contribution >= 4 is 17.5 Å². The van der Waals surface area contributed by atoms with Crippen LogP contribution in [0.15, 0.2) is 47.3 Å². The molecule has 2 fully saturated rings. The number of para-hydroxylation sites is 1. The maximum Gasteiger partial charge on any atom is 0.262 e. The van der Waals surface area contributed by atoms with E-state index in [4.69, 9.17) is 4.74 Å². The summed E-state index contributed by atoms with van der Waals surface area (Å²) in [7, 11) is 0. The smallest absolute Gasteiger partial charge is 0.262 e. The second kappa shape index (κ2) is 9.62. The fourth-order valence-corrected chi connectivity index (χ4v) is 5.85. The number of fused-ring (bicyclic) bond motifs is 4. The molecule has 2 atom stereocenters. The number of nitrogens with one attached hydrogen (secondary N) is 1. The average molecular weight is 465 g/mol. The molecule has 34 heavy (non-hydrogen) atoms. The number of likely N-dealkylation sites (tertiary alicyclic amines) is 2. The molecule has 1 aromatic carbocycles. The van der Waals surface area contributed by atoms with Gasteiger partial charge in [-0.05, 0) is 43.4 Å². The van der Waals surface area contributed by atoms with Gasteiger partial charge in [-0.1, -0.05) is 18.2 Å². The minimum absolute atomic E-state index is 0.00792. The van der Waals surface area contributed by atoms with Crippen LogP contribution in [0, 0.1) is 5.92 Å². The second-order valence-electron chi connectivity index (χ2n) is 9.72. The number of aromatic nitrogens is 1. The van der Waals surface area contributed by atoms with Gasteiger partial charge in [-0.25, -0.2) is 0 Å². The van der Waals surface area contributed by atoms with Gasteiger partial charge in [0.1, 0.15) is 5.75 Å². The van der Waals surface area contributed by atoms with E-state index in [0.29, 0.717) is 29.9 Å². The lowest BCUT2D eigenvalue weighted by molar-refractivity contribution is -0.130. The molecule has 0 saturated carbocycles. The Balaban J connectivity index is 1.30. The molecular weight excluding hydrogens is 432 g/mol. The minimum Gasteiger partial charge on any atom is -0.484 e. The number of carbonyl (C=O) groups excluding carboxylic acids is 2. The van der Waals surface area contributed by atoms with Crippen LogP contribution >= 0.6 is 0 Å². The highest BCUT2D eigenvalue weighted by atomic mass is 16.5. The number of ether oxygens (including phenoxy) is 1. The molecule has 2 saturated heterocycles. The highest BCUT2D eigenvalue weighted by Gasteiger charge is 2.39. The Morgan fingerprint density at radius 2 is 1.79 bits per heavy atom. The summed E-state index contributed by atoms with van der Waals surface area (Å²) in [6, 6.07) is 13.0. The fraction of sp³-hybridized carbons (Fsp3) is 0.500. The largest absolute Gasteiger partial charge is 0.484 e. The molecule has 2 bridgehead atoms. The lowest BCUT2D eigenvalue weighted by atomic mass is 9.81. The molecule has 0 aliphatic carbocycles. The number of hydrogen-bond acceptors (Lipinski definition) is 5. The Morgan fingerprint density at radius 1 is 1.03 bits per heavy atom. The third-order valence-electron chi connectivity index (χ3n) is 7.43. The number of pyridine rings is 1. The van der Waals surface area contributed by atoms with E-state index in [-0.39, 0.29) is 29.9 Å². The van der Waals surface area contributed by atoms with Crippen molar-refractivity contribution in [2.75, 3.05) is 38.1 Å². The summed E-state index contributed by atoms with van der Waals surface area (Å²) in [5.74, 6) is 1.17. The van der Waals surface area contributed by atoms with Crippen LogP contribution in [-0.4, -0.2) is 65.0 Å². The third-order valence-corrected chi connectivity index (χ3v) is 7.43. The van der Waals surface area contributed by atoms with E-state index in [0.717, 1.165) is 51.1 Å². The second-order valence-corrected chi connectivity index (χ2v) is 9.72. The van der Waals surface area contributed by atoms with Crippen LogP contribution in [0.2, 0.25) is 0 Å². The van der Waals surface area contributed by atoms with Gasteiger partial charge in [0.2, 0.25) is 5.91 Å². The molecule has 2 aromatic rings. The first-order valence-electron chi connectivity index (χ1n) is 12.2. The van der Waals surface area contributed by atoms with E-state index >= 15 is 0 Å². The molecular formula is C26H32N4O4. The molecule has 2 unspecified atom stereocenters. The molecule has 0 radical (unpaired) electrons. The zero-order valence-corrected chi connectivity index (χ0v) is 19.6. The van der Waals surface area contributed by atoms with Crippen molar-refractivity contribution in [3.63, 3.8) is 0 Å². The van der Waals surface area contributed by atoms with Crippen LogP contribution in [-0.2, 0) is 16.1 Å². The number of rotatable bonds is 5. The highest BCUT2D eigenvalue weighted by Crippen LogP contribution is 2.40.